The minimum atomic E-state index is -4.64. The van der Waals surface area contributed by atoms with Gasteiger partial charge in [0.15, 0.2) is 0 Å². The van der Waals surface area contributed by atoms with Crippen LogP contribution in [-0.4, -0.2) is 68.7 Å². The van der Waals surface area contributed by atoms with Crippen molar-refractivity contribution in [1.29, 1.82) is 0 Å². The maximum atomic E-state index is 12.8. The van der Waals surface area contributed by atoms with Crippen LogP contribution in [0.1, 0.15) is 12.0 Å². The van der Waals surface area contributed by atoms with Gasteiger partial charge in [0.2, 0.25) is 5.91 Å². The molecule has 0 spiro atoms. The van der Waals surface area contributed by atoms with Crippen LogP contribution >= 0.6 is 0 Å². The fourth-order valence-corrected chi connectivity index (χ4v) is 2.96. The van der Waals surface area contributed by atoms with E-state index in [-0.39, 0.29) is 18.1 Å². The molecule has 1 N–H and O–H groups in total. The van der Waals surface area contributed by atoms with Crippen LogP contribution in [0.2, 0.25) is 0 Å². The second-order valence-corrected chi connectivity index (χ2v) is 6.42. The van der Waals surface area contributed by atoms with Crippen molar-refractivity contribution in [1.82, 2.24) is 10.2 Å². The smallest absolute Gasteiger partial charge is 0.385 e. The Morgan fingerprint density at radius 2 is 1.96 bits per heavy atom. The standard InChI is InChI=1S/C17H23F3N4O4/c1-28-10-2-5-21-16(25)12-22-6-8-23(9-7-22)14-4-3-13(17(18,19)20)11-15(14)24(26)27/h3-4,11H,2,5-10,12H2,1H3,(H,21,25). The number of piperazine rings is 1. The lowest BCUT2D eigenvalue weighted by Gasteiger charge is -2.35. The summed E-state index contributed by atoms with van der Waals surface area (Å²) in [6.07, 6.45) is -3.92. The molecular formula is C17H23F3N4O4. The van der Waals surface area contributed by atoms with Crippen molar-refractivity contribution in [3.63, 3.8) is 0 Å². The van der Waals surface area contributed by atoms with Gasteiger partial charge in [0, 0.05) is 52.5 Å². The molecule has 8 nitrogen and oxygen atoms in total. The first-order valence-electron chi connectivity index (χ1n) is 8.81. The van der Waals surface area contributed by atoms with Crippen molar-refractivity contribution in [3.8, 4) is 0 Å². The predicted molar refractivity (Wildman–Crippen MR) is 96.3 cm³/mol. The minimum Gasteiger partial charge on any atom is -0.385 e. The van der Waals surface area contributed by atoms with Gasteiger partial charge in [0.1, 0.15) is 5.69 Å². The Balaban J connectivity index is 1.94. The molecule has 1 heterocycles. The molecule has 1 saturated heterocycles. The lowest BCUT2D eigenvalue weighted by atomic mass is 10.1. The number of rotatable bonds is 8. The van der Waals surface area contributed by atoms with Crippen LogP contribution in [0.15, 0.2) is 18.2 Å². The normalized spacial score (nSPS) is 15.5. The fraction of sp³-hybridized carbons (Fsp3) is 0.588. The summed E-state index contributed by atoms with van der Waals surface area (Å²) in [4.78, 5) is 25.9. The van der Waals surface area contributed by atoms with E-state index in [1.807, 2.05) is 4.90 Å². The highest BCUT2D eigenvalue weighted by atomic mass is 19.4. The Hall–Kier alpha value is -2.40. The summed E-state index contributed by atoms with van der Waals surface area (Å²) in [6.45, 7) is 2.99. The van der Waals surface area contributed by atoms with E-state index < -0.39 is 22.4 Å². The maximum absolute atomic E-state index is 12.8. The molecule has 1 aromatic rings. The third-order valence-corrected chi connectivity index (χ3v) is 4.43. The van der Waals surface area contributed by atoms with Crippen LogP contribution in [0.5, 0.6) is 0 Å². The molecule has 1 aromatic carbocycles. The summed E-state index contributed by atoms with van der Waals surface area (Å²) in [5, 5.41) is 14.0. The molecule has 1 aliphatic heterocycles. The van der Waals surface area contributed by atoms with E-state index >= 15 is 0 Å². The molecule has 0 radical (unpaired) electrons. The molecule has 0 aromatic heterocycles. The van der Waals surface area contributed by atoms with Crippen molar-refractivity contribution in [2.45, 2.75) is 12.6 Å². The zero-order chi connectivity index (χ0) is 20.7. The van der Waals surface area contributed by atoms with Gasteiger partial charge in [-0.3, -0.25) is 19.8 Å². The SMILES string of the molecule is COCCCNC(=O)CN1CCN(c2ccc(C(F)(F)F)cc2[N+](=O)[O-])CC1. The van der Waals surface area contributed by atoms with Gasteiger partial charge in [0.25, 0.3) is 5.69 Å². The topological polar surface area (TPSA) is 88.0 Å². The average Bonchev–Trinajstić information content (AvgIpc) is 2.64. The lowest BCUT2D eigenvalue weighted by Crippen LogP contribution is -2.49. The molecule has 0 atom stereocenters. The molecule has 1 aliphatic rings. The van der Waals surface area contributed by atoms with Gasteiger partial charge in [-0.25, -0.2) is 0 Å². The Bertz CT molecular complexity index is 691. The van der Waals surface area contributed by atoms with Gasteiger partial charge in [-0.1, -0.05) is 0 Å². The molecule has 0 bridgehead atoms. The van der Waals surface area contributed by atoms with E-state index in [4.69, 9.17) is 4.74 Å². The lowest BCUT2D eigenvalue weighted by molar-refractivity contribution is -0.384. The molecule has 2 rings (SSSR count). The van der Waals surface area contributed by atoms with Gasteiger partial charge < -0.3 is 15.0 Å². The number of halogens is 3. The number of carbonyl (C=O) groups is 1. The van der Waals surface area contributed by atoms with Crippen LogP contribution in [0.3, 0.4) is 0 Å². The van der Waals surface area contributed by atoms with E-state index in [1.165, 1.54) is 0 Å². The summed E-state index contributed by atoms with van der Waals surface area (Å²) in [6, 6.07) is 2.55. The van der Waals surface area contributed by atoms with Crippen molar-refractivity contribution < 1.29 is 27.6 Å². The van der Waals surface area contributed by atoms with E-state index in [2.05, 4.69) is 5.32 Å². The molecular weight excluding hydrogens is 381 g/mol. The first-order chi connectivity index (χ1) is 13.2. The summed E-state index contributed by atoms with van der Waals surface area (Å²) >= 11 is 0. The largest absolute Gasteiger partial charge is 0.416 e. The third-order valence-electron chi connectivity index (χ3n) is 4.43. The monoisotopic (exact) mass is 404 g/mol. The molecule has 1 fully saturated rings. The van der Waals surface area contributed by atoms with Gasteiger partial charge in [-0.15, -0.1) is 0 Å². The Labute approximate surface area is 160 Å². The molecule has 1 amide bonds. The zero-order valence-electron chi connectivity index (χ0n) is 15.5. The summed E-state index contributed by atoms with van der Waals surface area (Å²) in [7, 11) is 1.59. The molecule has 0 saturated carbocycles. The third kappa shape index (κ3) is 6.06. The highest BCUT2D eigenvalue weighted by Gasteiger charge is 2.34. The first kappa shape index (κ1) is 21.9. The number of ether oxygens (including phenoxy) is 1. The fourth-order valence-electron chi connectivity index (χ4n) is 2.96. The second kappa shape index (κ2) is 9.69. The Kier molecular flexibility index (Phi) is 7.58. The van der Waals surface area contributed by atoms with Crippen LogP contribution < -0.4 is 10.2 Å². The van der Waals surface area contributed by atoms with Crippen LogP contribution in [0.4, 0.5) is 24.5 Å². The van der Waals surface area contributed by atoms with Crippen LogP contribution in [0.25, 0.3) is 0 Å². The van der Waals surface area contributed by atoms with E-state index in [9.17, 15) is 28.1 Å². The number of nitro benzene ring substituents is 1. The Morgan fingerprint density at radius 1 is 1.29 bits per heavy atom. The van der Waals surface area contributed by atoms with Gasteiger partial charge >= 0.3 is 6.18 Å². The van der Waals surface area contributed by atoms with Crippen molar-refractivity contribution in [2.24, 2.45) is 0 Å². The Morgan fingerprint density at radius 3 is 2.54 bits per heavy atom. The first-order valence-corrected chi connectivity index (χ1v) is 8.81. The molecule has 28 heavy (non-hydrogen) atoms. The number of nitro groups is 1. The summed E-state index contributed by atoms with van der Waals surface area (Å²) < 4.78 is 43.4. The molecule has 156 valence electrons. The quantitative estimate of drug-likeness (QED) is 0.405. The summed E-state index contributed by atoms with van der Waals surface area (Å²) in [5.74, 6) is -0.120. The number of benzene rings is 1. The van der Waals surface area contributed by atoms with Crippen LogP contribution in [0, 0.1) is 10.1 Å². The number of carbonyl (C=O) groups excluding carboxylic acids is 1. The van der Waals surface area contributed by atoms with E-state index in [0.29, 0.717) is 51.8 Å². The second-order valence-electron chi connectivity index (χ2n) is 6.42. The van der Waals surface area contributed by atoms with Crippen LogP contribution in [-0.2, 0) is 15.7 Å². The zero-order valence-corrected chi connectivity index (χ0v) is 15.5. The number of hydrogen-bond donors (Lipinski definition) is 1. The summed E-state index contributed by atoms with van der Waals surface area (Å²) in [5.41, 5.74) is -1.47. The molecule has 0 aliphatic carbocycles. The van der Waals surface area contributed by atoms with E-state index in [0.717, 1.165) is 12.1 Å². The average molecular weight is 404 g/mol. The van der Waals surface area contributed by atoms with Crippen molar-refractivity contribution >= 4 is 17.3 Å². The molecule has 11 heteroatoms. The number of alkyl halides is 3. The highest BCUT2D eigenvalue weighted by Crippen LogP contribution is 2.36. The van der Waals surface area contributed by atoms with Gasteiger partial charge in [-0.05, 0) is 18.6 Å². The predicted octanol–water partition coefficient (Wildman–Crippen LogP) is 1.89. The number of nitrogens with one attached hydrogen (secondary N) is 1. The number of methoxy groups -OCH3 is 1. The number of amides is 1. The van der Waals surface area contributed by atoms with Gasteiger partial charge in [0.05, 0.1) is 17.0 Å². The number of anilines is 1. The van der Waals surface area contributed by atoms with Gasteiger partial charge in [-0.2, -0.15) is 13.2 Å². The number of hydrogen-bond acceptors (Lipinski definition) is 6. The maximum Gasteiger partial charge on any atom is 0.416 e. The van der Waals surface area contributed by atoms with Crippen molar-refractivity contribution in [2.75, 3.05) is 57.9 Å². The van der Waals surface area contributed by atoms with E-state index in [1.54, 1.807) is 12.0 Å². The number of nitrogens with zero attached hydrogens (tertiary/aromatic N) is 3. The molecule has 0 unspecified atom stereocenters. The van der Waals surface area contributed by atoms with Crippen molar-refractivity contribution in [3.05, 3.63) is 33.9 Å². The minimum absolute atomic E-state index is 0.120. The highest BCUT2D eigenvalue weighted by molar-refractivity contribution is 5.78.